The van der Waals surface area contributed by atoms with Crippen molar-refractivity contribution in [2.75, 3.05) is 5.32 Å². The van der Waals surface area contributed by atoms with Crippen LogP contribution >= 0.6 is 11.3 Å². The predicted molar refractivity (Wildman–Crippen MR) is 78.4 cm³/mol. The van der Waals surface area contributed by atoms with Gasteiger partial charge in [-0.1, -0.05) is 0 Å². The number of rotatable bonds is 2. The largest absolute Gasteiger partial charge is 0.337 e. The Morgan fingerprint density at radius 3 is 2.95 bits per heavy atom. The third kappa shape index (κ3) is 2.54. The molecule has 0 aliphatic carbocycles. The molecule has 1 aliphatic rings. The van der Waals surface area contributed by atoms with E-state index in [9.17, 15) is 9.59 Å². The Kier molecular flexibility index (Phi) is 3.46. The second-order valence-electron chi connectivity index (χ2n) is 4.96. The Bertz CT molecular complexity index is 692. The van der Waals surface area contributed by atoms with E-state index in [1.54, 1.807) is 11.3 Å². The molecule has 21 heavy (non-hydrogen) atoms. The Hall–Kier alpha value is -2.22. The van der Waals surface area contributed by atoms with Crippen LogP contribution in [-0.4, -0.2) is 33.0 Å². The van der Waals surface area contributed by atoms with E-state index < -0.39 is 11.9 Å². The molecule has 0 aromatic carbocycles. The summed E-state index contributed by atoms with van der Waals surface area (Å²) in [6.07, 6.45) is 2.65. The minimum Gasteiger partial charge on any atom is -0.337 e. The third-order valence-corrected chi connectivity index (χ3v) is 4.63. The first kappa shape index (κ1) is 13.7. The minimum atomic E-state index is -0.571. The molecule has 2 aromatic rings. The summed E-state index contributed by atoms with van der Waals surface area (Å²) in [6.45, 7) is 4.04. The number of anilines is 1. The van der Waals surface area contributed by atoms with Crippen molar-refractivity contribution >= 4 is 28.8 Å². The zero-order chi connectivity index (χ0) is 15.0. The monoisotopic (exact) mass is 305 g/mol. The van der Waals surface area contributed by atoms with Crippen molar-refractivity contribution in [3.63, 3.8) is 0 Å². The first-order valence-corrected chi connectivity index (χ1v) is 7.44. The van der Waals surface area contributed by atoms with E-state index in [0.717, 1.165) is 17.0 Å². The Morgan fingerprint density at radius 1 is 1.43 bits per heavy atom. The molecular weight excluding hydrogens is 290 g/mol. The van der Waals surface area contributed by atoms with Gasteiger partial charge >= 0.3 is 0 Å². The number of fused-ring (bicyclic) bond motifs is 1. The van der Waals surface area contributed by atoms with Gasteiger partial charge in [-0.25, -0.2) is 0 Å². The summed E-state index contributed by atoms with van der Waals surface area (Å²) in [4.78, 5) is 29.2. The maximum absolute atomic E-state index is 12.3. The molecule has 2 aromatic heterocycles. The quantitative estimate of drug-likeness (QED) is 0.775. The van der Waals surface area contributed by atoms with E-state index >= 15 is 0 Å². The summed E-state index contributed by atoms with van der Waals surface area (Å²) in [5, 5.41) is 12.8. The summed E-state index contributed by atoms with van der Waals surface area (Å²) in [5.74, 6) is -0.512. The lowest BCUT2D eigenvalue weighted by atomic mass is 10.1. The number of aromatic amines is 1. The molecule has 0 fully saturated rings. The van der Waals surface area contributed by atoms with Crippen molar-refractivity contribution in [2.24, 2.45) is 0 Å². The number of H-pyrrole nitrogens is 1. The van der Waals surface area contributed by atoms with Crippen LogP contribution < -0.4 is 10.6 Å². The highest BCUT2D eigenvalue weighted by Gasteiger charge is 2.28. The van der Waals surface area contributed by atoms with E-state index in [4.69, 9.17) is 0 Å². The Labute approximate surface area is 125 Å². The summed E-state index contributed by atoms with van der Waals surface area (Å²) < 4.78 is 0. The van der Waals surface area contributed by atoms with Gasteiger partial charge < -0.3 is 15.6 Å². The van der Waals surface area contributed by atoms with Crippen LogP contribution in [0.25, 0.3) is 0 Å². The third-order valence-electron chi connectivity index (χ3n) is 3.57. The van der Waals surface area contributed by atoms with Crippen molar-refractivity contribution in [1.29, 1.82) is 0 Å². The summed E-state index contributed by atoms with van der Waals surface area (Å²) >= 11 is 1.68. The smallest absolute Gasteiger partial charge is 0.289 e. The van der Waals surface area contributed by atoms with Crippen molar-refractivity contribution in [2.45, 2.75) is 32.7 Å². The van der Waals surface area contributed by atoms with Gasteiger partial charge in [-0.3, -0.25) is 9.59 Å². The molecule has 0 bridgehead atoms. The molecule has 110 valence electrons. The van der Waals surface area contributed by atoms with Gasteiger partial charge in [0.1, 0.15) is 12.4 Å². The van der Waals surface area contributed by atoms with Gasteiger partial charge in [0, 0.05) is 9.75 Å². The van der Waals surface area contributed by atoms with Gasteiger partial charge in [0.2, 0.25) is 11.7 Å². The number of carbonyl (C=O) groups is 2. The predicted octanol–water partition coefficient (Wildman–Crippen LogP) is 1.17. The number of carbonyl (C=O) groups excluding carboxylic acids is 2. The molecule has 0 spiro atoms. The molecule has 1 unspecified atom stereocenters. The second kappa shape index (κ2) is 5.28. The van der Waals surface area contributed by atoms with Crippen molar-refractivity contribution in [1.82, 2.24) is 20.5 Å². The van der Waals surface area contributed by atoms with E-state index in [0.29, 0.717) is 6.42 Å². The molecule has 8 heteroatoms. The highest BCUT2D eigenvalue weighted by molar-refractivity contribution is 7.12. The van der Waals surface area contributed by atoms with Crippen molar-refractivity contribution < 1.29 is 9.59 Å². The molecule has 0 radical (unpaired) electrons. The molecule has 0 saturated carbocycles. The lowest BCUT2D eigenvalue weighted by molar-refractivity contribution is -0.118. The molecule has 3 rings (SSSR count). The number of aromatic nitrogens is 3. The number of aryl methyl sites for hydroxylation is 2. The van der Waals surface area contributed by atoms with Crippen molar-refractivity contribution in [3.05, 3.63) is 27.5 Å². The van der Waals surface area contributed by atoms with Gasteiger partial charge in [-0.15, -0.1) is 21.5 Å². The van der Waals surface area contributed by atoms with Crippen LogP contribution in [0.15, 0.2) is 6.33 Å². The van der Waals surface area contributed by atoms with Crippen LogP contribution in [0.3, 0.4) is 0 Å². The van der Waals surface area contributed by atoms with Gasteiger partial charge in [0.05, 0.1) is 5.69 Å². The number of nitrogens with zero attached hydrogens (tertiary/aromatic N) is 2. The molecule has 3 heterocycles. The molecule has 3 N–H and O–H groups in total. The standard InChI is InChI=1S/C13H15N5O2S/c1-6-8-3-4-9(12(19)17-10(8)7(2)21-6)16-13(20)11-14-5-15-18-11/h5,9H,3-4H2,1-2H3,(H,16,20)(H,17,19)(H,14,15,18). The normalized spacial score (nSPS) is 17.8. The van der Waals surface area contributed by atoms with E-state index in [1.807, 2.05) is 6.92 Å². The van der Waals surface area contributed by atoms with Crippen LogP contribution in [-0.2, 0) is 11.2 Å². The second-order valence-corrected chi connectivity index (χ2v) is 6.39. The highest BCUT2D eigenvalue weighted by atomic mass is 32.1. The van der Waals surface area contributed by atoms with E-state index in [-0.39, 0.29) is 11.7 Å². The van der Waals surface area contributed by atoms with Gasteiger partial charge in [0.15, 0.2) is 0 Å². The molecular formula is C13H15N5O2S. The first-order chi connectivity index (χ1) is 10.1. The van der Waals surface area contributed by atoms with Crippen LogP contribution in [0, 0.1) is 13.8 Å². The van der Waals surface area contributed by atoms with Crippen LogP contribution in [0.5, 0.6) is 0 Å². The number of nitrogens with one attached hydrogen (secondary N) is 3. The SMILES string of the molecule is Cc1sc(C)c2c1CCC(NC(=O)c1nnc[nH]1)C(=O)N2. The summed E-state index contributed by atoms with van der Waals surface area (Å²) in [7, 11) is 0. The van der Waals surface area contributed by atoms with Crippen LogP contribution in [0.4, 0.5) is 5.69 Å². The van der Waals surface area contributed by atoms with Gasteiger partial charge in [-0.05, 0) is 32.3 Å². The van der Waals surface area contributed by atoms with Gasteiger partial charge in [-0.2, -0.15) is 0 Å². The summed E-state index contributed by atoms with van der Waals surface area (Å²) in [6, 6.07) is -0.571. The number of hydrogen-bond acceptors (Lipinski definition) is 5. The molecule has 1 atom stereocenters. The van der Waals surface area contributed by atoms with Gasteiger partial charge in [0.25, 0.3) is 5.91 Å². The summed E-state index contributed by atoms with van der Waals surface area (Å²) in [5.41, 5.74) is 2.07. The molecule has 0 saturated heterocycles. The highest BCUT2D eigenvalue weighted by Crippen LogP contribution is 2.35. The number of amides is 2. The Balaban J connectivity index is 1.77. The van der Waals surface area contributed by atoms with E-state index in [2.05, 4.69) is 32.7 Å². The zero-order valence-electron chi connectivity index (χ0n) is 11.7. The maximum atomic E-state index is 12.3. The van der Waals surface area contributed by atoms with Crippen LogP contribution in [0.2, 0.25) is 0 Å². The lowest BCUT2D eigenvalue weighted by Gasteiger charge is -2.14. The number of hydrogen-bond donors (Lipinski definition) is 3. The van der Waals surface area contributed by atoms with Crippen molar-refractivity contribution in [3.8, 4) is 0 Å². The molecule has 7 nitrogen and oxygen atoms in total. The first-order valence-electron chi connectivity index (χ1n) is 6.63. The van der Waals surface area contributed by atoms with Crippen LogP contribution in [0.1, 0.15) is 32.4 Å². The lowest BCUT2D eigenvalue weighted by Crippen LogP contribution is -2.43. The average molecular weight is 305 g/mol. The fourth-order valence-corrected chi connectivity index (χ4v) is 3.57. The van der Waals surface area contributed by atoms with E-state index in [1.165, 1.54) is 16.8 Å². The molecule has 1 aliphatic heterocycles. The minimum absolute atomic E-state index is 0.105. The fourth-order valence-electron chi connectivity index (χ4n) is 2.51. The zero-order valence-corrected chi connectivity index (χ0v) is 12.5. The number of thiophene rings is 1. The maximum Gasteiger partial charge on any atom is 0.289 e. The molecule has 2 amide bonds. The Morgan fingerprint density at radius 2 is 2.24 bits per heavy atom. The topological polar surface area (TPSA) is 99.8 Å². The fraction of sp³-hybridized carbons (Fsp3) is 0.385. The average Bonchev–Trinajstić information content (AvgIpc) is 3.01.